The molecule has 0 radical (unpaired) electrons. The molecule has 0 aliphatic rings. The first-order valence-electron chi connectivity index (χ1n) is 4.31. The molecule has 0 amide bonds. The second kappa shape index (κ2) is 3.27. The third kappa shape index (κ3) is 1.59. The van der Waals surface area contributed by atoms with E-state index in [1.165, 1.54) is 12.1 Å². The molecule has 2 rings (SSSR count). The number of aliphatic hydroxyl groups excluding tert-OH is 1. The number of rotatable bonds is 1. The Morgan fingerprint density at radius 2 is 1.87 bits per heavy atom. The van der Waals surface area contributed by atoms with Gasteiger partial charge in [0.15, 0.2) is 0 Å². The summed E-state index contributed by atoms with van der Waals surface area (Å²) >= 11 is 0. The fraction of sp³-hybridized carbons (Fsp3) is 0.200. The number of aliphatic hydroxyl groups is 1. The Morgan fingerprint density at radius 3 is 2.47 bits per heavy atom. The molecule has 1 aromatic carbocycles. The van der Waals surface area contributed by atoms with Gasteiger partial charge >= 0.3 is 6.18 Å². The van der Waals surface area contributed by atoms with Crippen molar-refractivity contribution >= 4 is 10.9 Å². The molecule has 0 fully saturated rings. The van der Waals surface area contributed by atoms with Crippen LogP contribution in [-0.4, -0.2) is 10.1 Å². The molecular formula is C10H8F3NO. The first-order valence-corrected chi connectivity index (χ1v) is 4.31. The molecule has 0 spiro atoms. The largest absolute Gasteiger partial charge is 0.418 e. The van der Waals surface area contributed by atoms with Crippen LogP contribution in [0.25, 0.3) is 10.9 Å². The maximum atomic E-state index is 12.7. The van der Waals surface area contributed by atoms with E-state index in [9.17, 15) is 13.2 Å². The number of fused-ring (bicyclic) bond motifs is 1. The van der Waals surface area contributed by atoms with Gasteiger partial charge in [-0.05, 0) is 6.07 Å². The summed E-state index contributed by atoms with van der Waals surface area (Å²) in [6.45, 7) is -0.649. The van der Waals surface area contributed by atoms with Gasteiger partial charge < -0.3 is 10.1 Å². The molecule has 2 aromatic rings. The average molecular weight is 215 g/mol. The minimum absolute atomic E-state index is 0.0917. The van der Waals surface area contributed by atoms with Crippen molar-refractivity contribution in [3.05, 3.63) is 35.5 Å². The Bertz CT molecular complexity index is 487. The van der Waals surface area contributed by atoms with Crippen LogP contribution >= 0.6 is 0 Å². The SMILES string of the molecule is OCc1[nH]c2ccccc2c1C(F)(F)F. The van der Waals surface area contributed by atoms with Crippen molar-refractivity contribution in [2.24, 2.45) is 0 Å². The van der Waals surface area contributed by atoms with E-state index in [1.807, 2.05) is 0 Å². The Labute approximate surface area is 83.3 Å². The monoisotopic (exact) mass is 215 g/mol. The molecule has 0 atom stereocenters. The highest BCUT2D eigenvalue weighted by molar-refractivity contribution is 5.85. The highest BCUT2D eigenvalue weighted by Crippen LogP contribution is 2.37. The van der Waals surface area contributed by atoms with E-state index in [2.05, 4.69) is 4.98 Å². The van der Waals surface area contributed by atoms with Crippen LogP contribution < -0.4 is 0 Å². The average Bonchev–Trinajstić information content (AvgIpc) is 2.54. The van der Waals surface area contributed by atoms with E-state index in [4.69, 9.17) is 5.11 Å². The van der Waals surface area contributed by atoms with Gasteiger partial charge in [-0.2, -0.15) is 13.2 Å². The maximum Gasteiger partial charge on any atom is 0.418 e. The number of aromatic amines is 1. The quantitative estimate of drug-likeness (QED) is 0.753. The molecule has 0 aliphatic heterocycles. The summed E-state index contributed by atoms with van der Waals surface area (Å²) < 4.78 is 38.0. The van der Waals surface area contributed by atoms with Crippen molar-refractivity contribution in [1.82, 2.24) is 4.98 Å². The van der Waals surface area contributed by atoms with Crippen molar-refractivity contribution in [2.45, 2.75) is 12.8 Å². The molecule has 15 heavy (non-hydrogen) atoms. The summed E-state index contributed by atoms with van der Waals surface area (Å²) in [7, 11) is 0. The van der Waals surface area contributed by atoms with Crippen LogP contribution in [0.2, 0.25) is 0 Å². The first kappa shape index (κ1) is 10.0. The molecule has 1 heterocycles. The standard InChI is InChI=1S/C10H8F3NO/c11-10(12,13)9-6-3-1-2-4-7(6)14-8(9)5-15/h1-4,14-15H,5H2. The molecule has 0 saturated heterocycles. The van der Waals surface area contributed by atoms with Gasteiger partial charge in [-0.25, -0.2) is 0 Å². The third-order valence-corrected chi connectivity index (χ3v) is 2.23. The minimum atomic E-state index is -4.45. The van der Waals surface area contributed by atoms with E-state index in [0.29, 0.717) is 5.52 Å². The van der Waals surface area contributed by atoms with E-state index >= 15 is 0 Å². The summed E-state index contributed by atoms with van der Waals surface area (Å²) in [6.07, 6.45) is -4.45. The predicted molar refractivity (Wildman–Crippen MR) is 49.2 cm³/mol. The van der Waals surface area contributed by atoms with E-state index < -0.39 is 18.3 Å². The molecule has 0 aliphatic carbocycles. The van der Waals surface area contributed by atoms with Gasteiger partial charge in [-0.15, -0.1) is 0 Å². The smallest absolute Gasteiger partial charge is 0.390 e. The van der Waals surface area contributed by atoms with Crippen LogP contribution in [0.15, 0.2) is 24.3 Å². The minimum Gasteiger partial charge on any atom is -0.390 e. The van der Waals surface area contributed by atoms with Crippen LogP contribution in [0.4, 0.5) is 13.2 Å². The maximum absolute atomic E-state index is 12.7. The molecule has 2 nitrogen and oxygen atoms in total. The van der Waals surface area contributed by atoms with Crippen molar-refractivity contribution in [3.63, 3.8) is 0 Å². The molecular weight excluding hydrogens is 207 g/mol. The number of aromatic nitrogens is 1. The van der Waals surface area contributed by atoms with Gasteiger partial charge in [-0.1, -0.05) is 18.2 Å². The summed E-state index contributed by atoms with van der Waals surface area (Å²) in [5.74, 6) is 0. The topological polar surface area (TPSA) is 36.0 Å². The van der Waals surface area contributed by atoms with Gasteiger partial charge in [0.2, 0.25) is 0 Å². The zero-order chi connectivity index (χ0) is 11.1. The molecule has 0 bridgehead atoms. The van der Waals surface area contributed by atoms with Crippen LogP contribution in [0.1, 0.15) is 11.3 Å². The summed E-state index contributed by atoms with van der Waals surface area (Å²) in [5.41, 5.74) is -0.585. The van der Waals surface area contributed by atoms with Crippen LogP contribution in [0.3, 0.4) is 0 Å². The lowest BCUT2D eigenvalue weighted by atomic mass is 10.1. The van der Waals surface area contributed by atoms with E-state index in [0.717, 1.165) is 0 Å². The van der Waals surface area contributed by atoms with Crippen molar-refractivity contribution in [2.75, 3.05) is 0 Å². The fourth-order valence-electron chi connectivity index (χ4n) is 1.64. The molecule has 80 valence electrons. The van der Waals surface area contributed by atoms with Crippen LogP contribution in [0, 0.1) is 0 Å². The summed E-state index contributed by atoms with van der Waals surface area (Å²) in [4.78, 5) is 2.55. The lowest BCUT2D eigenvalue weighted by Gasteiger charge is -2.06. The van der Waals surface area contributed by atoms with Crippen LogP contribution in [-0.2, 0) is 12.8 Å². The number of hydrogen-bond acceptors (Lipinski definition) is 1. The van der Waals surface area contributed by atoms with Gasteiger partial charge in [0.25, 0.3) is 0 Å². The predicted octanol–water partition coefficient (Wildman–Crippen LogP) is 2.68. The summed E-state index contributed by atoms with van der Waals surface area (Å²) in [5, 5.41) is 8.94. The number of para-hydroxylation sites is 1. The number of halogens is 3. The Balaban J connectivity index is 2.79. The van der Waals surface area contributed by atoms with Crippen LogP contribution in [0.5, 0.6) is 0 Å². The second-order valence-electron chi connectivity index (χ2n) is 3.18. The number of H-pyrrole nitrogens is 1. The molecule has 1 aromatic heterocycles. The van der Waals surface area contributed by atoms with E-state index in [1.54, 1.807) is 12.1 Å². The van der Waals surface area contributed by atoms with Crippen molar-refractivity contribution < 1.29 is 18.3 Å². The molecule has 0 unspecified atom stereocenters. The number of alkyl halides is 3. The van der Waals surface area contributed by atoms with Crippen molar-refractivity contribution in [1.29, 1.82) is 0 Å². The van der Waals surface area contributed by atoms with Crippen molar-refractivity contribution in [3.8, 4) is 0 Å². The second-order valence-corrected chi connectivity index (χ2v) is 3.18. The lowest BCUT2D eigenvalue weighted by Crippen LogP contribution is -2.07. The molecule has 5 heteroatoms. The number of nitrogens with one attached hydrogen (secondary N) is 1. The molecule has 2 N–H and O–H groups in total. The number of benzene rings is 1. The highest BCUT2D eigenvalue weighted by atomic mass is 19.4. The van der Waals surface area contributed by atoms with Gasteiger partial charge in [0.1, 0.15) is 0 Å². The van der Waals surface area contributed by atoms with Gasteiger partial charge in [0, 0.05) is 10.9 Å². The Kier molecular flexibility index (Phi) is 2.19. The zero-order valence-corrected chi connectivity index (χ0v) is 7.60. The lowest BCUT2D eigenvalue weighted by molar-refractivity contribution is -0.137. The van der Waals surface area contributed by atoms with E-state index in [-0.39, 0.29) is 11.1 Å². The van der Waals surface area contributed by atoms with Gasteiger partial charge in [0.05, 0.1) is 17.9 Å². The van der Waals surface area contributed by atoms with Gasteiger partial charge in [-0.3, -0.25) is 0 Å². The zero-order valence-electron chi connectivity index (χ0n) is 7.60. The summed E-state index contributed by atoms with van der Waals surface area (Å²) in [6, 6.07) is 6.10. The Morgan fingerprint density at radius 1 is 1.20 bits per heavy atom. The number of hydrogen-bond donors (Lipinski definition) is 2. The fourth-order valence-corrected chi connectivity index (χ4v) is 1.64. The first-order chi connectivity index (χ1) is 7.04. The third-order valence-electron chi connectivity index (χ3n) is 2.23. The highest BCUT2D eigenvalue weighted by Gasteiger charge is 2.36. The molecule has 0 saturated carbocycles. The normalized spacial score (nSPS) is 12.3. The Hall–Kier alpha value is -1.49.